The van der Waals surface area contributed by atoms with Gasteiger partial charge in [-0.1, -0.05) is 65.1 Å². The van der Waals surface area contributed by atoms with Crippen LogP contribution in [0.3, 0.4) is 0 Å². The number of halogens is 2. The quantitative estimate of drug-likeness (QED) is 0.441. The van der Waals surface area contributed by atoms with Crippen LogP contribution in [0.25, 0.3) is 0 Å². The van der Waals surface area contributed by atoms with Crippen LogP contribution >= 0.6 is 45.2 Å². The van der Waals surface area contributed by atoms with Crippen LogP contribution in [0.2, 0.25) is 0 Å². The van der Waals surface area contributed by atoms with Gasteiger partial charge in [-0.2, -0.15) is 0 Å². The fourth-order valence-electron chi connectivity index (χ4n) is 1.75. The number of benzene rings is 2. The van der Waals surface area contributed by atoms with E-state index in [2.05, 4.69) is 101 Å². The molecule has 0 heterocycles. The molecule has 0 aliphatic rings. The van der Waals surface area contributed by atoms with Crippen molar-refractivity contribution in [3.05, 3.63) is 68.8 Å². The zero-order valence-corrected chi connectivity index (χ0v) is 14.0. The van der Waals surface area contributed by atoms with Crippen LogP contribution in [0.1, 0.15) is 20.6 Å². The first-order valence-electron chi connectivity index (χ1n) is 5.61. The predicted molar refractivity (Wildman–Crippen MR) is 90.8 cm³/mol. The smallest absolute Gasteiger partial charge is 0.0399 e. The van der Waals surface area contributed by atoms with E-state index in [0.29, 0.717) is 3.92 Å². The van der Waals surface area contributed by atoms with Gasteiger partial charge in [0.1, 0.15) is 0 Å². The zero-order chi connectivity index (χ0) is 12.3. The average Bonchev–Trinajstić information content (AvgIpc) is 2.35. The highest BCUT2D eigenvalue weighted by atomic mass is 127. The molecule has 0 aliphatic heterocycles. The molecular weight excluding hydrogens is 434 g/mol. The van der Waals surface area contributed by atoms with E-state index in [1.807, 2.05) is 0 Å². The van der Waals surface area contributed by atoms with Crippen LogP contribution in [0.15, 0.2) is 48.5 Å². The highest BCUT2D eigenvalue weighted by Gasteiger charge is 2.08. The third kappa shape index (κ3) is 3.68. The molecule has 0 bridgehead atoms. The van der Waals surface area contributed by atoms with E-state index in [9.17, 15) is 0 Å². The Morgan fingerprint density at radius 3 is 2.41 bits per heavy atom. The molecule has 2 aromatic carbocycles. The molecule has 88 valence electrons. The molecule has 2 rings (SSSR count). The summed E-state index contributed by atoms with van der Waals surface area (Å²) >= 11 is 4.94. The Morgan fingerprint density at radius 1 is 1.06 bits per heavy atom. The molecule has 0 saturated carbocycles. The maximum atomic E-state index is 2.53. The van der Waals surface area contributed by atoms with Gasteiger partial charge in [0, 0.05) is 7.49 Å². The molecule has 0 N–H and O–H groups in total. The lowest BCUT2D eigenvalue weighted by Gasteiger charge is -2.11. The van der Waals surface area contributed by atoms with Gasteiger partial charge in [-0.3, -0.25) is 0 Å². The zero-order valence-electron chi connectivity index (χ0n) is 9.66. The highest BCUT2D eigenvalue weighted by Crippen LogP contribution is 2.28. The molecule has 0 spiro atoms. The molecule has 2 aromatic rings. The summed E-state index contributed by atoms with van der Waals surface area (Å²) in [5.74, 6) is 0. The van der Waals surface area contributed by atoms with Crippen molar-refractivity contribution < 1.29 is 0 Å². The molecule has 0 fully saturated rings. The second-order valence-corrected chi connectivity index (χ2v) is 6.83. The van der Waals surface area contributed by atoms with Crippen LogP contribution < -0.4 is 0 Å². The van der Waals surface area contributed by atoms with E-state index in [4.69, 9.17) is 0 Å². The molecule has 0 amide bonds. The Kier molecular flexibility index (Phi) is 4.85. The summed E-state index contributed by atoms with van der Waals surface area (Å²) in [5.41, 5.74) is 4.19. The summed E-state index contributed by atoms with van der Waals surface area (Å²) in [7, 11) is 0. The maximum Gasteiger partial charge on any atom is 0.0399 e. The van der Waals surface area contributed by atoms with Gasteiger partial charge in [-0.05, 0) is 58.7 Å². The fourth-order valence-corrected chi connectivity index (χ4v) is 3.25. The van der Waals surface area contributed by atoms with Gasteiger partial charge in [0.15, 0.2) is 0 Å². The van der Waals surface area contributed by atoms with Crippen LogP contribution in [0.4, 0.5) is 0 Å². The predicted octanol–water partition coefficient (Wildman–Crippen LogP) is 5.32. The number of hydrogen-bond donors (Lipinski definition) is 0. The molecule has 17 heavy (non-hydrogen) atoms. The monoisotopic (exact) mass is 448 g/mol. The third-order valence-corrected chi connectivity index (χ3v) is 5.13. The second kappa shape index (κ2) is 6.18. The van der Waals surface area contributed by atoms with E-state index < -0.39 is 0 Å². The SMILES string of the molecule is Cc1ccc(CC(I)c2ccccc2)cc1I. The Hall–Kier alpha value is -0.100. The van der Waals surface area contributed by atoms with Gasteiger partial charge in [-0.25, -0.2) is 0 Å². The van der Waals surface area contributed by atoms with Crippen LogP contribution in [0, 0.1) is 10.5 Å². The minimum absolute atomic E-state index is 0.548. The molecule has 0 radical (unpaired) electrons. The molecular formula is C15H14I2. The lowest BCUT2D eigenvalue weighted by Crippen LogP contribution is -1.96. The lowest BCUT2D eigenvalue weighted by molar-refractivity contribution is 0.964. The molecule has 0 saturated heterocycles. The molecule has 0 nitrogen and oxygen atoms in total. The first-order chi connectivity index (χ1) is 8.16. The van der Waals surface area contributed by atoms with Crippen molar-refractivity contribution in [1.82, 2.24) is 0 Å². The normalized spacial score (nSPS) is 12.4. The Bertz CT molecular complexity index is 492. The van der Waals surface area contributed by atoms with E-state index in [1.54, 1.807) is 0 Å². The Labute approximate surface area is 130 Å². The molecule has 2 heteroatoms. The summed E-state index contributed by atoms with van der Waals surface area (Å²) in [6.45, 7) is 2.16. The minimum Gasteiger partial charge on any atom is -0.0771 e. The maximum absolute atomic E-state index is 2.53. The van der Waals surface area contributed by atoms with Gasteiger partial charge in [-0.15, -0.1) is 0 Å². The van der Waals surface area contributed by atoms with Gasteiger partial charge >= 0.3 is 0 Å². The molecule has 1 unspecified atom stereocenters. The summed E-state index contributed by atoms with van der Waals surface area (Å²) < 4.78 is 1.91. The summed E-state index contributed by atoms with van der Waals surface area (Å²) in [6, 6.07) is 17.5. The van der Waals surface area contributed by atoms with Crippen LogP contribution in [-0.2, 0) is 6.42 Å². The van der Waals surface area contributed by atoms with E-state index in [-0.39, 0.29) is 0 Å². The Morgan fingerprint density at radius 2 is 1.76 bits per heavy atom. The number of aryl methyl sites for hydroxylation is 1. The first kappa shape index (κ1) is 13.3. The van der Waals surface area contributed by atoms with Crippen molar-refractivity contribution in [3.8, 4) is 0 Å². The second-order valence-electron chi connectivity index (χ2n) is 4.17. The topological polar surface area (TPSA) is 0 Å². The molecule has 1 atom stereocenters. The summed E-state index contributed by atoms with van der Waals surface area (Å²) in [5, 5.41) is 0. The number of rotatable bonds is 3. The van der Waals surface area contributed by atoms with Crippen molar-refractivity contribution in [2.24, 2.45) is 0 Å². The average molecular weight is 448 g/mol. The Balaban J connectivity index is 2.13. The van der Waals surface area contributed by atoms with Gasteiger partial charge in [0.2, 0.25) is 0 Å². The van der Waals surface area contributed by atoms with Gasteiger partial charge in [0.05, 0.1) is 0 Å². The van der Waals surface area contributed by atoms with Gasteiger partial charge in [0.25, 0.3) is 0 Å². The van der Waals surface area contributed by atoms with E-state index >= 15 is 0 Å². The summed E-state index contributed by atoms with van der Waals surface area (Å²) in [6.07, 6.45) is 1.10. The lowest BCUT2D eigenvalue weighted by atomic mass is 10.0. The van der Waals surface area contributed by atoms with Crippen molar-refractivity contribution in [2.75, 3.05) is 0 Å². The van der Waals surface area contributed by atoms with Crippen LogP contribution in [0.5, 0.6) is 0 Å². The van der Waals surface area contributed by atoms with E-state index in [0.717, 1.165) is 6.42 Å². The third-order valence-electron chi connectivity index (χ3n) is 2.81. The van der Waals surface area contributed by atoms with Crippen molar-refractivity contribution in [2.45, 2.75) is 17.3 Å². The highest BCUT2D eigenvalue weighted by molar-refractivity contribution is 14.1. The molecule has 0 aromatic heterocycles. The summed E-state index contributed by atoms with van der Waals surface area (Å²) in [4.78, 5) is 0. The number of alkyl halides is 1. The fraction of sp³-hybridized carbons (Fsp3) is 0.200. The van der Waals surface area contributed by atoms with E-state index in [1.165, 1.54) is 20.3 Å². The minimum atomic E-state index is 0.548. The standard InChI is InChI=1S/C15H14I2/c1-11-7-8-12(9-14(11)16)10-15(17)13-5-3-2-4-6-13/h2-9,15H,10H2,1H3. The van der Waals surface area contributed by atoms with Crippen molar-refractivity contribution in [1.29, 1.82) is 0 Å². The largest absolute Gasteiger partial charge is 0.0771 e. The van der Waals surface area contributed by atoms with Gasteiger partial charge < -0.3 is 0 Å². The first-order valence-corrected chi connectivity index (χ1v) is 7.93. The molecule has 0 aliphatic carbocycles. The van der Waals surface area contributed by atoms with Crippen molar-refractivity contribution >= 4 is 45.2 Å². The van der Waals surface area contributed by atoms with Crippen molar-refractivity contribution in [3.63, 3.8) is 0 Å². The number of hydrogen-bond acceptors (Lipinski definition) is 0. The van der Waals surface area contributed by atoms with Crippen LogP contribution in [-0.4, -0.2) is 0 Å².